The molecule has 1 aliphatic carbocycles. The van der Waals surface area contributed by atoms with E-state index < -0.39 is 0 Å². The molecule has 0 saturated heterocycles. The number of nitrogens with one attached hydrogen (secondary N) is 1. The van der Waals surface area contributed by atoms with Crippen molar-refractivity contribution in [3.63, 3.8) is 0 Å². The van der Waals surface area contributed by atoms with Crippen molar-refractivity contribution in [1.82, 2.24) is 5.43 Å². The SMILES string of the molecule is Cl.Cl.NN=CNN=C1CCCCC1. The Labute approximate surface area is 90.8 Å². The molecule has 1 rings (SSSR count). The van der Waals surface area contributed by atoms with Crippen molar-refractivity contribution in [3.8, 4) is 0 Å². The van der Waals surface area contributed by atoms with Crippen LogP contribution in [0.4, 0.5) is 0 Å². The molecule has 13 heavy (non-hydrogen) atoms. The summed E-state index contributed by atoms with van der Waals surface area (Å²) in [4.78, 5) is 0. The van der Waals surface area contributed by atoms with Gasteiger partial charge in [-0.2, -0.15) is 10.2 Å². The summed E-state index contributed by atoms with van der Waals surface area (Å²) in [6, 6.07) is 0. The van der Waals surface area contributed by atoms with E-state index in [0.717, 1.165) is 12.8 Å². The highest BCUT2D eigenvalue weighted by Gasteiger charge is 2.05. The average molecular weight is 227 g/mol. The topological polar surface area (TPSA) is 62.8 Å². The molecule has 0 heterocycles. The molecule has 0 bridgehead atoms. The fourth-order valence-corrected chi connectivity index (χ4v) is 1.23. The molecule has 4 nitrogen and oxygen atoms in total. The van der Waals surface area contributed by atoms with E-state index in [-0.39, 0.29) is 24.8 Å². The van der Waals surface area contributed by atoms with Gasteiger partial charge in [0.05, 0.1) is 0 Å². The van der Waals surface area contributed by atoms with Crippen molar-refractivity contribution >= 4 is 36.9 Å². The van der Waals surface area contributed by atoms with Gasteiger partial charge in [-0.3, -0.25) is 5.43 Å². The molecule has 1 fully saturated rings. The highest BCUT2D eigenvalue weighted by molar-refractivity contribution is 5.86. The Hall–Kier alpha value is -0.480. The van der Waals surface area contributed by atoms with Crippen LogP contribution in [0.15, 0.2) is 10.2 Å². The Morgan fingerprint density at radius 2 is 1.77 bits per heavy atom. The van der Waals surface area contributed by atoms with Gasteiger partial charge in [0.1, 0.15) is 6.34 Å². The number of nitrogens with two attached hydrogens (primary N) is 1. The summed E-state index contributed by atoms with van der Waals surface area (Å²) in [5.74, 6) is 4.88. The first-order chi connectivity index (χ1) is 5.43. The molecule has 0 aromatic heterocycles. The molecule has 0 amide bonds. The Kier molecular flexibility index (Phi) is 11.1. The standard InChI is InChI=1S/C7H14N4.2ClH/c8-9-6-10-11-7-4-2-1-3-5-7;;/h6H,1-5,8H2,(H,9,10);2*1H. The maximum absolute atomic E-state index is 4.88. The summed E-state index contributed by atoms with van der Waals surface area (Å²) in [7, 11) is 0. The number of hydrogen-bond acceptors (Lipinski definition) is 3. The average Bonchev–Trinajstić information content (AvgIpc) is 2.07. The molecule has 0 spiro atoms. The molecule has 0 aliphatic heterocycles. The van der Waals surface area contributed by atoms with E-state index in [4.69, 9.17) is 5.84 Å². The monoisotopic (exact) mass is 226 g/mol. The Morgan fingerprint density at radius 1 is 1.15 bits per heavy atom. The molecule has 0 aromatic carbocycles. The molecular weight excluding hydrogens is 211 g/mol. The van der Waals surface area contributed by atoms with Gasteiger partial charge in [-0.05, 0) is 25.7 Å². The van der Waals surface area contributed by atoms with Crippen LogP contribution in [0.2, 0.25) is 0 Å². The van der Waals surface area contributed by atoms with Gasteiger partial charge in [-0.25, -0.2) is 0 Å². The van der Waals surface area contributed by atoms with Gasteiger partial charge >= 0.3 is 0 Å². The van der Waals surface area contributed by atoms with E-state index in [1.807, 2.05) is 0 Å². The summed E-state index contributed by atoms with van der Waals surface area (Å²) >= 11 is 0. The van der Waals surface area contributed by atoms with E-state index in [2.05, 4.69) is 15.6 Å². The summed E-state index contributed by atoms with van der Waals surface area (Å²) in [6.45, 7) is 0. The third kappa shape index (κ3) is 6.66. The molecule has 0 radical (unpaired) electrons. The van der Waals surface area contributed by atoms with Crippen LogP contribution in [0.25, 0.3) is 0 Å². The lowest BCUT2D eigenvalue weighted by Gasteiger charge is -2.10. The minimum Gasteiger partial charge on any atom is -0.322 e. The summed E-state index contributed by atoms with van der Waals surface area (Å²) in [5.41, 5.74) is 3.91. The van der Waals surface area contributed by atoms with Crippen LogP contribution in [0, 0.1) is 0 Å². The van der Waals surface area contributed by atoms with E-state index >= 15 is 0 Å². The van der Waals surface area contributed by atoms with Crippen LogP contribution in [-0.2, 0) is 0 Å². The molecular formula is C7H16Cl2N4. The molecule has 1 aliphatic rings. The van der Waals surface area contributed by atoms with Gasteiger partial charge in [0, 0.05) is 5.71 Å². The Balaban J connectivity index is 0. The van der Waals surface area contributed by atoms with Crippen molar-refractivity contribution in [2.24, 2.45) is 16.0 Å². The number of hydrogen-bond donors (Lipinski definition) is 2. The first-order valence-corrected chi connectivity index (χ1v) is 3.96. The minimum atomic E-state index is 0. The quantitative estimate of drug-likeness (QED) is 0.326. The van der Waals surface area contributed by atoms with Gasteiger partial charge in [0.25, 0.3) is 0 Å². The number of nitrogens with zero attached hydrogens (tertiary/aromatic N) is 2. The maximum Gasteiger partial charge on any atom is 0.128 e. The zero-order valence-electron chi connectivity index (χ0n) is 7.40. The lowest BCUT2D eigenvalue weighted by Crippen LogP contribution is -2.12. The van der Waals surface area contributed by atoms with Gasteiger partial charge in [-0.1, -0.05) is 6.42 Å². The predicted octanol–water partition coefficient (Wildman–Crippen LogP) is 1.64. The summed E-state index contributed by atoms with van der Waals surface area (Å²) < 4.78 is 0. The molecule has 1 saturated carbocycles. The summed E-state index contributed by atoms with van der Waals surface area (Å²) in [6.07, 6.45) is 7.49. The first-order valence-electron chi connectivity index (χ1n) is 3.96. The lowest BCUT2D eigenvalue weighted by molar-refractivity contribution is 0.661. The smallest absolute Gasteiger partial charge is 0.128 e. The van der Waals surface area contributed by atoms with Crippen LogP contribution in [-0.4, -0.2) is 12.1 Å². The van der Waals surface area contributed by atoms with E-state index in [0.29, 0.717) is 0 Å². The molecule has 0 aromatic rings. The van der Waals surface area contributed by atoms with Crippen LogP contribution in [0.3, 0.4) is 0 Å². The molecule has 78 valence electrons. The van der Waals surface area contributed by atoms with Crippen molar-refractivity contribution in [2.45, 2.75) is 32.1 Å². The van der Waals surface area contributed by atoms with Crippen molar-refractivity contribution in [3.05, 3.63) is 0 Å². The second kappa shape index (κ2) is 9.61. The van der Waals surface area contributed by atoms with Crippen LogP contribution < -0.4 is 11.3 Å². The van der Waals surface area contributed by atoms with Crippen LogP contribution in [0.5, 0.6) is 0 Å². The summed E-state index contributed by atoms with van der Waals surface area (Å²) in [5, 5.41) is 7.39. The number of halogens is 2. The minimum absolute atomic E-state index is 0. The Morgan fingerprint density at radius 3 is 2.31 bits per heavy atom. The van der Waals surface area contributed by atoms with Crippen LogP contribution in [0.1, 0.15) is 32.1 Å². The fourth-order valence-electron chi connectivity index (χ4n) is 1.23. The number of hydrazone groups is 2. The second-order valence-corrected chi connectivity index (χ2v) is 2.65. The molecule has 0 atom stereocenters. The van der Waals surface area contributed by atoms with E-state index in [9.17, 15) is 0 Å². The van der Waals surface area contributed by atoms with Crippen molar-refractivity contribution < 1.29 is 0 Å². The third-order valence-electron chi connectivity index (χ3n) is 1.79. The van der Waals surface area contributed by atoms with Crippen LogP contribution >= 0.6 is 24.8 Å². The Bertz CT molecular complexity index is 162. The largest absolute Gasteiger partial charge is 0.322 e. The normalized spacial score (nSPS) is 15.8. The van der Waals surface area contributed by atoms with Gasteiger partial charge in [0.15, 0.2) is 0 Å². The number of rotatable bonds is 2. The third-order valence-corrected chi connectivity index (χ3v) is 1.79. The molecule has 6 heteroatoms. The van der Waals surface area contributed by atoms with Gasteiger partial charge in [0.2, 0.25) is 0 Å². The highest BCUT2D eigenvalue weighted by Crippen LogP contribution is 2.13. The van der Waals surface area contributed by atoms with Gasteiger partial charge < -0.3 is 5.84 Å². The zero-order valence-corrected chi connectivity index (χ0v) is 9.03. The second-order valence-electron chi connectivity index (χ2n) is 2.65. The fraction of sp³-hybridized carbons (Fsp3) is 0.714. The maximum atomic E-state index is 4.88. The van der Waals surface area contributed by atoms with E-state index in [1.165, 1.54) is 31.3 Å². The zero-order chi connectivity index (χ0) is 7.94. The molecule has 0 unspecified atom stereocenters. The van der Waals surface area contributed by atoms with Crippen molar-refractivity contribution in [1.29, 1.82) is 0 Å². The first kappa shape index (κ1) is 15.0. The van der Waals surface area contributed by atoms with Gasteiger partial charge in [-0.15, -0.1) is 24.8 Å². The lowest BCUT2D eigenvalue weighted by atomic mass is 9.99. The predicted molar refractivity (Wildman–Crippen MR) is 60.8 cm³/mol. The van der Waals surface area contributed by atoms with Crippen molar-refractivity contribution in [2.75, 3.05) is 0 Å². The van der Waals surface area contributed by atoms with E-state index in [1.54, 1.807) is 0 Å². The molecule has 3 N–H and O–H groups in total. The highest BCUT2D eigenvalue weighted by atomic mass is 35.5.